The van der Waals surface area contributed by atoms with Crippen molar-refractivity contribution in [3.63, 3.8) is 0 Å². The molecule has 0 radical (unpaired) electrons. The fraction of sp³-hybridized carbons (Fsp3) is 0.625. The molecule has 0 saturated carbocycles. The second kappa shape index (κ2) is 13.1. The second-order valence-corrected chi connectivity index (χ2v) is 2.12. The van der Waals surface area contributed by atoms with E-state index < -0.39 is 0 Å². The maximum absolute atomic E-state index is 9.76. The molecule has 5 heteroatoms. The van der Waals surface area contributed by atoms with Crippen LogP contribution in [0.5, 0.6) is 0 Å². The average molecular weight is 185 g/mol. The van der Waals surface area contributed by atoms with Crippen LogP contribution in [0.15, 0.2) is 17.0 Å². The van der Waals surface area contributed by atoms with Crippen molar-refractivity contribution in [2.45, 2.75) is 33.1 Å². The number of unbranched alkanes of at least 4 members (excludes halogenated alkanes) is 2. The van der Waals surface area contributed by atoms with Gasteiger partial charge in [-0.15, -0.1) is 0 Å². The summed E-state index contributed by atoms with van der Waals surface area (Å²) in [5, 5.41) is 19.4. The SMILES string of the molecule is C#N.CCCCC.[O-][n+]1ccno1. The topological polar surface area (TPSA) is 76.8 Å². The third-order valence-corrected chi connectivity index (χ3v) is 1.08. The van der Waals surface area contributed by atoms with E-state index in [1.807, 2.05) is 0 Å². The molecule has 0 atom stereocenters. The van der Waals surface area contributed by atoms with E-state index in [0.29, 0.717) is 0 Å². The van der Waals surface area contributed by atoms with Crippen molar-refractivity contribution < 1.29 is 9.53 Å². The van der Waals surface area contributed by atoms with Crippen LogP contribution in [-0.2, 0) is 0 Å². The molecule has 0 amide bonds. The Bertz CT molecular complexity index is 183. The number of hydrogen-bond acceptors (Lipinski definition) is 4. The summed E-state index contributed by atoms with van der Waals surface area (Å²) >= 11 is 0. The summed E-state index contributed by atoms with van der Waals surface area (Å²) in [6.45, 7) is 7.92. The van der Waals surface area contributed by atoms with Crippen LogP contribution in [0.3, 0.4) is 0 Å². The van der Waals surface area contributed by atoms with Crippen molar-refractivity contribution in [1.29, 1.82) is 5.26 Å². The minimum Gasteiger partial charge on any atom is -0.360 e. The van der Waals surface area contributed by atoms with Crippen LogP contribution in [0, 0.1) is 17.0 Å². The minimum atomic E-state index is 0.264. The highest BCUT2D eigenvalue weighted by atomic mass is 16.8. The standard InChI is InChI=1S/C5H12.C2H2N2O2.CHN/c1-3-5-4-2;5-4-2-1-3-6-4;1-2/h3-5H2,1-2H3;1-2H;1H. The monoisotopic (exact) mass is 185 g/mol. The Hall–Kier alpha value is -1.57. The first kappa shape index (κ1) is 14.0. The lowest BCUT2D eigenvalue weighted by Crippen LogP contribution is -2.20. The van der Waals surface area contributed by atoms with Gasteiger partial charge < -0.3 is 5.21 Å². The third-order valence-electron chi connectivity index (χ3n) is 1.08. The Morgan fingerprint density at radius 2 is 2.00 bits per heavy atom. The number of nitrogens with zero attached hydrogens (tertiary/aromatic N) is 3. The highest BCUT2D eigenvalue weighted by molar-refractivity contribution is 4.45. The van der Waals surface area contributed by atoms with Crippen LogP contribution >= 0.6 is 0 Å². The van der Waals surface area contributed by atoms with Crippen LogP contribution < -0.4 is 4.90 Å². The van der Waals surface area contributed by atoms with E-state index in [-0.39, 0.29) is 4.90 Å². The van der Waals surface area contributed by atoms with E-state index in [0.717, 1.165) is 0 Å². The number of nitriles is 1. The van der Waals surface area contributed by atoms with Crippen molar-refractivity contribution in [3.8, 4) is 6.57 Å². The van der Waals surface area contributed by atoms with Crippen molar-refractivity contribution in [2.24, 2.45) is 0 Å². The van der Waals surface area contributed by atoms with E-state index in [4.69, 9.17) is 5.26 Å². The van der Waals surface area contributed by atoms with Crippen LogP contribution in [0.1, 0.15) is 33.1 Å². The molecular formula is C8H15N3O2. The Morgan fingerprint density at radius 3 is 2.08 bits per heavy atom. The molecular weight excluding hydrogens is 170 g/mol. The molecule has 1 rings (SSSR count). The zero-order chi connectivity index (χ0) is 10.5. The van der Waals surface area contributed by atoms with Gasteiger partial charge in [-0.3, -0.25) is 4.63 Å². The quantitative estimate of drug-likeness (QED) is 0.656. The molecule has 0 fully saturated rings. The largest absolute Gasteiger partial charge is 0.360 e. The number of rotatable bonds is 2. The molecule has 0 spiro atoms. The van der Waals surface area contributed by atoms with Gasteiger partial charge in [0, 0.05) is 11.7 Å². The molecule has 0 aliphatic rings. The lowest BCUT2D eigenvalue weighted by molar-refractivity contribution is -0.802. The summed E-state index contributed by atoms with van der Waals surface area (Å²) in [5.41, 5.74) is 0. The van der Waals surface area contributed by atoms with Gasteiger partial charge in [0.15, 0.2) is 6.20 Å². The average Bonchev–Trinajstić information content (AvgIpc) is 2.62. The van der Waals surface area contributed by atoms with E-state index in [2.05, 4.69) is 30.2 Å². The van der Waals surface area contributed by atoms with E-state index in [1.54, 1.807) is 0 Å². The molecule has 1 aromatic rings. The first-order chi connectivity index (χ1) is 6.31. The van der Waals surface area contributed by atoms with E-state index >= 15 is 0 Å². The second-order valence-electron chi connectivity index (χ2n) is 2.12. The maximum Gasteiger partial charge on any atom is 0.205 e. The normalized spacial score (nSPS) is 7.38. The summed E-state index contributed by atoms with van der Waals surface area (Å²) in [5.74, 6) is 0. The molecule has 0 aliphatic carbocycles. The number of aromatic nitrogens is 2. The molecule has 13 heavy (non-hydrogen) atoms. The maximum atomic E-state index is 9.76. The lowest BCUT2D eigenvalue weighted by atomic mass is 10.3. The Balaban J connectivity index is 0. The van der Waals surface area contributed by atoms with Crippen LogP contribution in [0.2, 0.25) is 0 Å². The van der Waals surface area contributed by atoms with Crippen LogP contribution in [-0.4, -0.2) is 5.16 Å². The Kier molecular flexibility index (Phi) is 14.0. The van der Waals surface area contributed by atoms with Gasteiger partial charge >= 0.3 is 0 Å². The summed E-state index contributed by atoms with van der Waals surface area (Å²) in [6.07, 6.45) is 6.51. The first-order valence-electron chi connectivity index (χ1n) is 4.07. The summed E-state index contributed by atoms with van der Waals surface area (Å²) in [4.78, 5) is 0.264. The number of hydrogen-bond donors (Lipinski definition) is 0. The smallest absolute Gasteiger partial charge is 0.205 e. The van der Waals surface area contributed by atoms with Crippen molar-refractivity contribution >= 4 is 0 Å². The molecule has 5 nitrogen and oxygen atoms in total. The highest BCUT2D eigenvalue weighted by Gasteiger charge is 1.78. The van der Waals surface area contributed by atoms with Gasteiger partial charge in [0.25, 0.3) is 0 Å². The summed E-state index contributed by atoms with van der Waals surface area (Å²) in [7, 11) is 0. The fourth-order valence-electron chi connectivity index (χ4n) is 0.536. The predicted molar refractivity (Wildman–Crippen MR) is 47.3 cm³/mol. The molecule has 1 aromatic heterocycles. The molecule has 74 valence electrons. The third kappa shape index (κ3) is 13.4. The van der Waals surface area contributed by atoms with Gasteiger partial charge in [0.1, 0.15) is 0 Å². The molecule has 0 aromatic carbocycles. The van der Waals surface area contributed by atoms with E-state index in [9.17, 15) is 5.21 Å². The summed E-state index contributed by atoms with van der Waals surface area (Å²) < 4.78 is 3.94. The summed E-state index contributed by atoms with van der Waals surface area (Å²) in [6, 6.07) is 0. The van der Waals surface area contributed by atoms with Gasteiger partial charge in [-0.25, -0.2) is 5.26 Å². The van der Waals surface area contributed by atoms with Crippen molar-refractivity contribution in [3.05, 3.63) is 17.6 Å². The first-order valence-corrected chi connectivity index (χ1v) is 4.07. The molecule has 1 heterocycles. The van der Waals surface area contributed by atoms with Crippen LogP contribution in [0.4, 0.5) is 0 Å². The van der Waals surface area contributed by atoms with Gasteiger partial charge in [0.2, 0.25) is 6.20 Å². The molecule has 0 unspecified atom stereocenters. The van der Waals surface area contributed by atoms with E-state index in [1.165, 1.54) is 31.7 Å². The Morgan fingerprint density at radius 1 is 1.46 bits per heavy atom. The predicted octanol–water partition coefficient (Wildman–Crippen LogP) is 1.64. The fourth-order valence-corrected chi connectivity index (χ4v) is 0.536. The lowest BCUT2D eigenvalue weighted by Gasteiger charge is -1.79. The zero-order valence-corrected chi connectivity index (χ0v) is 8.01. The highest BCUT2D eigenvalue weighted by Crippen LogP contribution is 1.88. The zero-order valence-electron chi connectivity index (χ0n) is 8.01. The van der Waals surface area contributed by atoms with Crippen molar-refractivity contribution in [1.82, 2.24) is 5.16 Å². The minimum absolute atomic E-state index is 0.264. The van der Waals surface area contributed by atoms with Gasteiger partial charge in [-0.1, -0.05) is 33.1 Å². The molecule has 0 aliphatic heterocycles. The Labute approximate surface area is 78.1 Å². The van der Waals surface area contributed by atoms with Crippen LogP contribution in [0.25, 0.3) is 0 Å². The van der Waals surface area contributed by atoms with Gasteiger partial charge in [-0.05, 0) is 4.90 Å². The van der Waals surface area contributed by atoms with Gasteiger partial charge in [0.05, 0.1) is 0 Å². The van der Waals surface area contributed by atoms with Gasteiger partial charge in [-0.2, -0.15) is 0 Å². The molecule has 0 saturated heterocycles. The molecule has 0 bridgehead atoms. The van der Waals surface area contributed by atoms with Crippen molar-refractivity contribution in [2.75, 3.05) is 0 Å². The molecule has 0 N–H and O–H groups in total.